The number of esters is 1. The second-order valence-electron chi connectivity index (χ2n) is 7.37. The molecule has 2 aromatic carbocycles. The highest BCUT2D eigenvalue weighted by Crippen LogP contribution is 2.21. The number of amides is 2. The lowest BCUT2D eigenvalue weighted by atomic mass is 10.1. The van der Waals surface area contributed by atoms with E-state index < -0.39 is 18.5 Å². The molecule has 0 radical (unpaired) electrons. The fraction of sp³-hybridized carbons (Fsp3) is 0.348. The molecular weight excluding hydrogens is 384 g/mol. The minimum absolute atomic E-state index is 0.220. The number of hydrogen-bond donors (Lipinski definition) is 2. The third kappa shape index (κ3) is 7.24. The first-order valence-corrected chi connectivity index (χ1v) is 9.65. The SMILES string of the molecule is Cc1cc(C)cc(OCC(=O)OCC(=O)NCC(=O)Nc2c(C)cc(C)cc2C)c1. The summed E-state index contributed by atoms with van der Waals surface area (Å²) in [6.45, 7) is 8.66. The van der Waals surface area contributed by atoms with Crippen molar-refractivity contribution in [3.8, 4) is 5.75 Å². The maximum absolute atomic E-state index is 12.1. The topological polar surface area (TPSA) is 93.7 Å². The molecule has 7 nitrogen and oxygen atoms in total. The van der Waals surface area contributed by atoms with Crippen LogP contribution in [0.1, 0.15) is 27.8 Å². The van der Waals surface area contributed by atoms with Gasteiger partial charge in [-0.3, -0.25) is 9.59 Å². The van der Waals surface area contributed by atoms with Gasteiger partial charge in [0.25, 0.3) is 5.91 Å². The molecule has 0 heterocycles. The monoisotopic (exact) mass is 412 g/mol. The standard InChI is InChI=1S/C23H28N2O5/c1-14-6-15(2)10-19(9-14)29-13-22(28)30-12-21(27)24-11-20(26)25-23-17(4)7-16(3)8-18(23)5/h6-10H,11-13H2,1-5H3,(H,24,27)(H,25,26). The van der Waals surface area contributed by atoms with Gasteiger partial charge in [0.2, 0.25) is 5.91 Å². The van der Waals surface area contributed by atoms with E-state index in [1.54, 1.807) is 0 Å². The summed E-state index contributed by atoms with van der Waals surface area (Å²) in [6, 6.07) is 9.56. The highest BCUT2D eigenvalue weighted by molar-refractivity contribution is 5.96. The number of anilines is 1. The molecule has 0 unspecified atom stereocenters. The Kier molecular flexibility index (Phi) is 7.98. The summed E-state index contributed by atoms with van der Waals surface area (Å²) in [5, 5.41) is 5.22. The second kappa shape index (κ2) is 10.4. The highest BCUT2D eigenvalue weighted by atomic mass is 16.6. The first-order valence-electron chi connectivity index (χ1n) is 9.65. The van der Waals surface area contributed by atoms with Crippen molar-refractivity contribution in [1.82, 2.24) is 5.32 Å². The van der Waals surface area contributed by atoms with Crippen molar-refractivity contribution < 1.29 is 23.9 Å². The maximum Gasteiger partial charge on any atom is 0.344 e. The summed E-state index contributed by atoms with van der Waals surface area (Å²) < 4.78 is 10.3. The normalized spacial score (nSPS) is 10.3. The van der Waals surface area contributed by atoms with E-state index >= 15 is 0 Å². The fourth-order valence-electron chi connectivity index (χ4n) is 3.14. The fourth-order valence-corrected chi connectivity index (χ4v) is 3.14. The van der Waals surface area contributed by atoms with Gasteiger partial charge >= 0.3 is 5.97 Å². The average molecular weight is 412 g/mol. The molecule has 0 aliphatic carbocycles. The lowest BCUT2D eigenvalue weighted by Crippen LogP contribution is -2.36. The first-order chi connectivity index (χ1) is 14.1. The Labute approximate surface area is 176 Å². The number of benzene rings is 2. The minimum atomic E-state index is -0.667. The van der Waals surface area contributed by atoms with Gasteiger partial charge in [-0.1, -0.05) is 23.8 Å². The Morgan fingerprint density at radius 3 is 1.93 bits per heavy atom. The van der Waals surface area contributed by atoms with Crippen LogP contribution < -0.4 is 15.4 Å². The van der Waals surface area contributed by atoms with E-state index in [1.165, 1.54) is 0 Å². The molecule has 0 saturated heterocycles. The number of carbonyl (C=O) groups excluding carboxylic acids is 3. The smallest absolute Gasteiger partial charge is 0.344 e. The molecule has 160 valence electrons. The number of rotatable bonds is 8. The van der Waals surface area contributed by atoms with Gasteiger partial charge in [0.15, 0.2) is 13.2 Å². The number of aryl methyl sites for hydroxylation is 5. The molecule has 2 aromatic rings. The Hall–Kier alpha value is -3.35. The molecule has 0 spiro atoms. The molecule has 0 saturated carbocycles. The zero-order valence-corrected chi connectivity index (χ0v) is 18.0. The van der Waals surface area contributed by atoms with Crippen LogP contribution in [-0.2, 0) is 19.1 Å². The van der Waals surface area contributed by atoms with Crippen LogP contribution in [-0.4, -0.2) is 37.5 Å². The van der Waals surface area contributed by atoms with Crippen LogP contribution >= 0.6 is 0 Å². The van der Waals surface area contributed by atoms with Crippen LogP contribution in [0, 0.1) is 34.6 Å². The van der Waals surface area contributed by atoms with Crippen LogP contribution in [0.5, 0.6) is 5.75 Å². The van der Waals surface area contributed by atoms with Crippen LogP contribution in [0.4, 0.5) is 5.69 Å². The summed E-state index contributed by atoms with van der Waals surface area (Å²) in [5.41, 5.74) is 5.78. The van der Waals surface area contributed by atoms with E-state index in [0.29, 0.717) is 5.75 Å². The molecule has 0 atom stereocenters. The van der Waals surface area contributed by atoms with Gasteiger partial charge in [0.05, 0.1) is 6.54 Å². The Morgan fingerprint density at radius 1 is 0.767 bits per heavy atom. The number of carbonyl (C=O) groups is 3. The van der Waals surface area contributed by atoms with Crippen molar-refractivity contribution in [2.75, 3.05) is 25.1 Å². The average Bonchev–Trinajstić information content (AvgIpc) is 2.65. The lowest BCUT2D eigenvalue weighted by molar-refractivity contribution is -0.150. The summed E-state index contributed by atoms with van der Waals surface area (Å²) in [4.78, 5) is 35.7. The van der Waals surface area contributed by atoms with E-state index in [-0.39, 0.29) is 19.1 Å². The molecule has 0 aliphatic rings. The summed E-state index contributed by atoms with van der Waals surface area (Å²) >= 11 is 0. The van der Waals surface area contributed by atoms with Gasteiger partial charge in [0, 0.05) is 5.69 Å². The third-order valence-electron chi connectivity index (χ3n) is 4.30. The van der Waals surface area contributed by atoms with E-state index in [4.69, 9.17) is 9.47 Å². The van der Waals surface area contributed by atoms with Gasteiger partial charge in [0.1, 0.15) is 5.75 Å². The van der Waals surface area contributed by atoms with Gasteiger partial charge < -0.3 is 20.1 Å². The zero-order valence-electron chi connectivity index (χ0n) is 18.0. The summed E-state index contributed by atoms with van der Waals surface area (Å²) in [6.07, 6.45) is 0. The predicted molar refractivity (Wildman–Crippen MR) is 115 cm³/mol. The summed E-state index contributed by atoms with van der Waals surface area (Å²) in [7, 11) is 0. The van der Waals surface area contributed by atoms with Crippen LogP contribution in [0.15, 0.2) is 30.3 Å². The van der Waals surface area contributed by atoms with Crippen molar-refractivity contribution in [1.29, 1.82) is 0 Å². The predicted octanol–water partition coefficient (Wildman–Crippen LogP) is 2.91. The molecule has 2 amide bonds. The van der Waals surface area contributed by atoms with E-state index in [9.17, 15) is 14.4 Å². The van der Waals surface area contributed by atoms with Gasteiger partial charge in [-0.05, 0) is 69.0 Å². The zero-order chi connectivity index (χ0) is 22.3. The van der Waals surface area contributed by atoms with Crippen molar-refractivity contribution >= 4 is 23.5 Å². The number of nitrogens with one attached hydrogen (secondary N) is 2. The van der Waals surface area contributed by atoms with E-state index in [2.05, 4.69) is 10.6 Å². The molecule has 2 N–H and O–H groups in total. The molecule has 0 aliphatic heterocycles. The molecular formula is C23H28N2O5. The van der Waals surface area contributed by atoms with Gasteiger partial charge in [-0.15, -0.1) is 0 Å². The van der Waals surface area contributed by atoms with Crippen LogP contribution in [0.2, 0.25) is 0 Å². The van der Waals surface area contributed by atoms with Gasteiger partial charge in [-0.2, -0.15) is 0 Å². The Balaban J connectivity index is 1.71. The highest BCUT2D eigenvalue weighted by Gasteiger charge is 2.12. The van der Waals surface area contributed by atoms with Crippen molar-refractivity contribution in [2.45, 2.75) is 34.6 Å². The largest absolute Gasteiger partial charge is 0.482 e. The Morgan fingerprint density at radius 2 is 1.33 bits per heavy atom. The molecule has 0 fully saturated rings. The number of hydrogen-bond acceptors (Lipinski definition) is 5. The lowest BCUT2D eigenvalue weighted by Gasteiger charge is -2.13. The van der Waals surface area contributed by atoms with Crippen molar-refractivity contribution in [3.63, 3.8) is 0 Å². The quantitative estimate of drug-likeness (QED) is 0.650. The van der Waals surface area contributed by atoms with Gasteiger partial charge in [-0.25, -0.2) is 4.79 Å². The van der Waals surface area contributed by atoms with Crippen LogP contribution in [0.3, 0.4) is 0 Å². The maximum atomic E-state index is 12.1. The molecule has 2 rings (SSSR count). The minimum Gasteiger partial charge on any atom is -0.482 e. The Bertz CT molecular complexity index is 909. The van der Waals surface area contributed by atoms with E-state index in [1.807, 2.05) is 65.0 Å². The van der Waals surface area contributed by atoms with Crippen LogP contribution in [0.25, 0.3) is 0 Å². The number of ether oxygens (including phenoxy) is 2. The van der Waals surface area contributed by atoms with E-state index in [0.717, 1.165) is 33.5 Å². The molecule has 7 heteroatoms. The second-order valence-corrected chi connectivity index (χ2v) is 7.37. The van der Waals surface area contributed by atoms with Crippen molar-refractivity contribution in [3.05, 3.63) is 58.1 Å². The molecule has 30 heavy (non-hydrogen) atoms. The molecule has 0 bridgehead atoms. The van der Waals surface area contributed by atoms with Crippen molar-refractivity contribution in [2.24, 2.45) is 0 Å². The summed E-state index contributed by atoms with van der Waals surface area (Å²) in [5.74, 6) is -1.03. The third-order valence-corrected chi connectivity index (χ3v) is 4.30. The first kappa shape index (κ1) is 22.9. The molecule has 0 aromatic heterocycles.